The zero-order chi connectivity index (χ0) is 7.71. The van der Waals surface area contributed by atoms with E-state index in [4.69, 9.17) is 23.2 Å². The van der Waals surface area contributed by atoms with Crippen molar-refractivity contribution in [1.29, 1.82) is 0 Å². The Kier molecular flexibility index (Phi) is 3.85. The van der Waals surface area contributed by atoms with Gasteiger partial charge in [0.05, 0.1) is 0 Å². The van der Waals surface area contributed by atoms with Crippen LogP contribution in [-0.2, 0) is 0 Å². The minimum atomic E-state index is -0.806. The van der Waals surface area contributed by atoms with Gasteiger partial charge in [0.1, 0.15) is 0 Å². The van der Waals surface area contributed by atoms with Gasteiger partial charge in [0.2, 0.25) is 0 Å². The predicted molar refractivity (Wildman–Crippen MR) is 51.0 cm³/mol. The molecule has 0 radical (unpaired) electrons. The van der Waals surface area contributed by atoms with Gasteiger partial charge in [-0.3, -0.25) is 0 Å². The molecule has 56 valence electrons. The molecule has 9 heavy (non-hydrogen) atoms. The van der Waals surface area contributed by atoms with Crippen molar-refractivity contribution in [3.05, 3.63) is 0 Å². The smallest absolute Gasteiger partial charge is 0.0888 e. The molecule has 0 saturated carbocycles. The van der Waals surface area contributed by atoms with Crippen LogP contribution < -0.4 is 0 Å². The first-order valence-corrected chi connectivity index (χ1v) is 4.80. The van der Waals surface area contributed by atoms with Crippen LogP contribution in [0.5, 0.6) is 0 Å². The number of hydrogen-bond donors (Lipinski definition) is 0. The minimum Gasteiger partial charge on any atom is -0.0888 e. The van der Waals surface area contributed by atoms with Gasteiger partial charge in [0, 0.05) is 10.7 Å². The van der Waals surface area contributed by atoms with Crippen LogP contribution in [0.25, 0.3) is 0 Å². The van der Waals surface area contributed by atoms with Gasteiger partial charge in [-0.25, -0.2) is 0 Å². The zero-order valence-corrected chi connectivity index (χ0v) is 9.90. The van der Waals surface area contributed by atoms with Gasteiger partial charge >= 0.3 is 0 Å². The van der Waals surface area contributed by atoms with Crippen LogP contribution in [0.1, 0.15) is 20.3 Å². The van der Waals surface area contributed by atoms with Crippen LogP contribution in [0.4, 0.5) is 0 Å². The molecule has 0 spiro atoms. The molecule has 0 aliphatic heterocycles. The number of alkyl halides is 4. The van der Waals surface area contributed by atoms with Crippen LogP contribution in [0.15, 0.2) is 0 Å². The first kappa shape index (κ1) is 10.5. The Morgan fingerprint density at radius 3 is 1.56 bits per heavy atom. The fourth-order valence-corrected chi connectivity index (χ4v) is 2.97. The molecular weight excluding hydrogens is 291 g/mol. The second-order valence-electron chi connectivity index (χ2n) is 2.51. The fourth-order valence-electron chi connectivity index (χ4n) is 0.477. The highest BCUT2D eigenvalue weighted by molar-refractivity contribution is 9.11. The highest BCUT2D eigenvalue weighted by Crippen LogP contribution is 2.39. The number of rotatable bonds is 2. The summed E-state index contributed by atoms with van der Waals surface area (Å²) in [5.41, 5.74) is 0. The molecule has 0 rings (SSSR count). The molecule has 0 nitrogen and oxygen atoms in total. The van der Waals surface area contributed by atoms with Crippen molar-refractivity contribution in [2.75, 3.05) is 0 Å². The van der Waals surface area contributed by atoms with Gasteiger partial charge in [0.15, 0.2) is 3.24 Å². The Morgan fingerprint density at radius 1 is 1.22 bits per heavy atom. The quantitative estimate of drug-likeness (QED) is 0.674. The van der Waals surface area contributed by atoms with E-state index in [9.17, 15) is 0 Å². The van der Waals surface area contributed by atoms with E-state index in [1.807, 2.05) is 13.8 Å². The summed E-state index contributed by atoms with van der Waals surface area (Å²) in [5, 5.41) is 0. The fraction of sp³-hybridized carbons (Fsp3) is 1.00. The van der Waals surface area contributed by atoms with Gasteiger partial charge in [-0.15, -0.1) is 0 Å². The zero-order valence-electron chi connectivity index (χ0n) is 5.22. The van der Waals surface area contributed by atoms with Gasteiger partial charge in [-0.2, -0.15) is 0 Å². The summed E-state index contributed by atoms with van der Waals surface area (Å²) in [4.78, 5) is 0. The topological polar surface area (TPSA) is 0 Å². The Bertz CT molecular complexity index is 78.1. The van der Waals surface area contributed by atoms with Crippen molar-refractivity contribution in [2.24, 2.45) is 0 Å². The number of halogens is 4. The highest BCUT2D eigenvalue weighted by Gasteiger charge is 2.27. The molecular formula is C5H8Br2Cl2. The average molecular weight is 299 g/mol. The molecule has 0 amide bonds. The maximum atomic E-state index is 5.67. The lowest BCUT2D eigenvalue weighted by molar-refractivity contribution is 0.674. The van der Waals surface area contributed by atoms with Crippen molar-refractivity contribution in [1.82, 2.24) is 0 Å². The van der Waals surface area contributed by atoms with Crippen LogP contribution in [-0.4, -0.2) is 7.57 Å². The highest BCUT2D eigenvalue weighted by atomic mass is 79.9. The van der Waals surface area contributed by atoms with Gasteiger partial charge in [0.25, 0.3) is 0 Å². The first-order valence-electron chi connectivity index (χ1n) is 2.46. The monoisotopic (exact) mass is 296 g/mol. The van der Waals surface area contributed by atoms with E-state index in [2.05, 4.69) is 31.9 Å². The summed E-state index contributed by atoms with van der Waals surface area (Å²) in [6.45, 7) is 4.02. The summed E-state index contributed by atoms with van der Waals surface area (Å²) < 4.78 is -0.819. The second kappa shape index (κ2) is 3.29. The van der Waals surface area contributed by atoms with Crippen LogP contribution in [0, 0.1) is 0 Å². The van der Waals surface area contributed by atoms with E-state index >= 15 is 0 Å². The molecule has 4 heteroatoms. The third-order valence-corrected chi connectivity index (χ3v) is 1.45. The maximum Gasteiger partial charge on any atom is 0.173 e. The van der Waals surface area contributed by atoms with Crippen molar-refractivity contribution in [2.45, 2.75) is 27.8 Å². The molecule has 0 aromatic rings. The standard InChI is InChI=1S/C5H8Br2Cl2/c1-4(2,6)3-5(7,8)9/h3H2,1-2H3. The van der Waals surface area contributed by atoms with Crippen LogP contribution in [0.2, 0.25) is 0 Å². The summed E-state index contributed by atoms with van der Waals surface area (Å²) in [5.74, 6) is 0. The van der Waals surface area contributed by atoms with Crippen molar-refractivity contribution in [3.8, 4) is 0 Å². The summed E-state index contributed by atoms with van der Waals surface area (Å²) in [7, 11) is 0. The van der Waals surface area contributed by atoms with E-state index in [1.54, 1.807) is 0 Å². The van der Waals surface area contributed by atoms with E-state index in [1.165, 1.54) is 0 Å². The molecule has 0 N–H and O–H groups in total. The normalized spacial score (nSPS) is 14.0. The van der Waals surface area contributed by atoms with Crippen molar-refractivity contribution < 1.29 is 0 Å². The molecule has 0 saturated heterocycles. The lowest BCUT2D eigenvalue weighted by Crippen LogP contribution is -2.18. The number of hydrogen-bond acceptors (Lipinski definition) is 0. The third-order valence-electron chi connectivity index (χ3n) is 0.621. The molecule has 0 atom stereocenters. The predicted octanol–water partition coefficient (Wildman–Crippen LogP) is 4.08. The Morgan fingerprint density at radius 2 is 1.56 bits per heavy atom. The average Bonchev–Trinajstić information content (AvgIpc) is 1.14. The van der Waals surface area contributed by atoms with Crippen LogP contribution in [0.3, 0.4) is 0 Å². The summed E-state index contributed by atoms with van der Waals surface area (Å²) >= 11 is 17.9. The second-order valence-corrected chi connectivity index (χ2v) is 8.41. The van der Waals surface area contributed by atoms with Gasteiger partial charge in [-0.05, 0) is 29.8 Å². The summed E-state index contributed by atoms with van der Waals surface area (Å²) in [6.07, 6.45) is 0.656. The van der Waals surface area contributed by atoms with Crippen molar-refractivity contribution >= 4 is 55.1 Å². The molecule has 0 aliphatic rings. The molecule has 0 aliphatic carbocycles. The molecule has 0 bridgehead atoms. The lowest BCUT2D eigenvalue weighted by Gasteiger charge is -2.21. The Balaban J connectivity index is 3.75. The molecule has 0 aromatic carbocycles. The van der Waals surface area contributed by atoms with Gasteiger partial charge in [-0.1, -0.05) is 39.1 Å². The molecule has 0 fully saturated rings. The third kappa shape index (κ3) is 9.54. The van der Waals surface area contributed by atoms with Crippen molar-refractivity contribution in [3.63, 3.8) is 0 Å². The summed E-state index contributed by atoms with van der Waals surface area (Å²) in [6, 6.07) is 0. The Labute approximate surface area is 82.5 Å². The Hall–Kier alpha value is 1.54. The van der Waals surface area contributed by atoms with E-state index in [0.29, 0.717) is 6.42 Å². The SMILES string of the molecule is CC(C)(Br)CC(Cl)(Cl)Br. The maximum absolute atomic E-state index is 5.67. The lowest BCUT2D eigenvalue weighted by atomic mass is 10.2. The first-order chi connectivity index (χ1) is 3.71. The molecule has 0 heterocycles. The molecule has 0 aromatic heterocycles. The van der Waals surface area contributed by atoms with Gasteiger partial charge < -0.3 is 0 Å². The van der Waals surface area contributed by atoms with E-state index in [-0.39, 0.29) is 4.32 Å². The largest absolute Gasteiger partial charge is 0.173 e. The molecule has 0 unspecified atom stereocenters. The van der Waals surface area contributed by atoms with E-state index < -0.39 is 3.24 Å². The minimum absolute atomic E-state index is 0.0139. The van der Waals surface area contributed by atoms with Crippen LogP contribution >= 0.6 is 55.1 Å². The van der Waals surface area contributed by atoms with E-state index in [0.717, 1.165) is 0 Å².